The smallest absolute Gasteiger partial charge is 0.326 e. The van der Waals surface area contributed by atoms with E-state index in [1.807, 2.05) is 6.26 Å². The summed E-state index contributed by atoms with van der Waals surface area (Å²) < 4.78 is 0. The molecule has 0 fully saturated rings. The van der Waals surface area contributed by atoms with Gasteiger partial charge >= 0.3 is 5.97 Å². The fourth-order valence-electron chi connectivity index (χ4n) is 1.02. The van der Waals surface area contributed by atoms with Gasteiger partial charge < -0.3 is 16.2 Å². The van der Waals surface area contributed by atoms with Gasteiger partial charge in [-0.25, -0.2) is 4.79 Å². The molecule has 4 N–H and O–H groups in total. The maximum absolute atomic E-state index is 11.2. The van der Waals surface area contributed by atoms with Crippen LogP contribution in [-0.4, -0.2) is 41.6 Å². The number of nitrogens with two attached hydrogens (primary N) is 1. The zero-order valence-corrected chi connectivity index (χ0v) is 9.68. The minimum atomic E-state index is -0.981. The molecule has 0 spiro atoms. The lowest BCUT2D eigenvalue weighted by molar-refractivity contribution is -0.141. The number of aliphatic carboxylic acids is 1. The highest BCUT2D eigenvalue weighted by Crippen LogP contribution is 2.01. The van der Waals surface area contributed by atoms with Gasteiger partial charge in [0.15, 0.2) is 0 Å². The number of rotatable bonds is 8. The monoisotopic (exact) mass is 234 g/mol. The Labute approximate surface area is 93.8 Å². The summed E-state index contributed by atoms with van der Waals surface area (Å²) in [6.45, 7) is 0.440. The van der Waals surface area contributed by atoms with Crippen LogP contribution in [0.15, 0.2) is 0 Å². The first-order valence-electron chi connectivity index (χ1n) is 4.83. The Balaban J connectivity index is 3.93. The predicted molar refractivity (Wildman–Crippen MR) is 60.9 cm³/mol. The normalized spacial score (nSPS) is 12.1. The summed E-state index contributed by atoms with van der Waals surface area (Å²) in [7, 11) is 0. The van der Waals surface area contributed by atoms with Gasteiger partial charge in [0.05, 0.1) is 0 Å². The van der Waals surface area contributed by atoms with E-state index < -0.39 is 12.0 Å². The van der Waals surface area contributed by atoms with Crippen LogP contribution in [0.25, 0.3) is 0 Å². The molecule has 0 aliphatic carbocycles. The van der Waals surface area contributed by atoms with Crippen LogP contribution in [0, 0.1) is 0 Å². The quantitative estimate of drug-likeness (QED) is 0.552. The van der Waals surface area contributed by atoms with Gasteiger partial charge in [0.25, 0.3) is 0 Å². The second kappa shape index (κ2) is 8.55. The lowest BCUT2D eigenvalue weighted by Gasteiger charge is -2.13. The molecule has 6 heteroatoms. The minimum absolute atomic E-state index is 0.242. The summed E-state index contributed by atoms with van der Waals surface area (Å²) in [6, 6.07) is -0.775. The molecular weight excluding hydrogens is 216 g/mol. The van der Waals surface area contributed by atoms with Crippen molar-refractivity contribution in [3.05, 3.63) is 0 Å². The Morgan fingerprint density at radius 3 is 2.67 bits per heavy atom. The summed E-state index contributed by atoms with van der Waals surface area (Å²) in [5.74, 6) is -0.507. The Bertz CT molecular complexity index is 212. The molecule has 5 nitrogen and oxygen atoms in total. The molecule has 0 saturated heterocycles. The van der Waals surface area contributed by atoms with Gasteiger partial charge in [-0.1, -0.05) is 0 Å². The van der Waals surface area contributed by atoms with Gasteiger partial charge in [-0.15, -0.1) is 0 Å². The number of hydrogen-bond acceptors (Lipinski definition) is 4. The van der Waals surface area contributed by atoms with Crippen LogP contribution in [0.1, 0.15) is 19.3 Å². The van der Waals surface area contributed by atoms with Crippen LogP contribution in [-0.2, 0) is 9.59 Å². The van der Waals surface area contributed by atoms with Crippen LogP contribution >= 0.6 is 11.8 Å². The molecule has 0 aliphatic heterocycles. The van der Waals surface area contributed by atoms with E-state index in [1.165, 1.54) is 0 Å². The van der Waals surface area contributed by atoms with E-state index in [0.717, 1.165) is 0 Å². The minimum Gasteiger partial charge on any atom is -0.480 e. The largest absolute Gasteiger partial charge is 0.480 e. The molecule has 0 aromatic carbocycles. The molecule has 0 aromatic heterocycles. The van der Waals surface area contributed by atoms with Gasteiger partial charge in [0.2, 0.25) is 5.91 Å². The number of nitrogens with one attached hydrogen (secondary N) is 1. The molecule has 0 heterocycles. The molecule has 1 amide bonds. The van der Waals surface area contributed by atoms with Crippen molar-refractivity contribution in [2.75, 3.05) is 18.6 Å². The summed E-state index contributed by atoms with van der Waals surface area (Å²) in [4.78, 5) is 22.0. The first kappa shape index (κ1) is 14.2. The van der Waals surface area contributed by atoms with Crippen LogP contribution in [0.3, 0.4) is 0 Å². The van der Waals surface area contributed by atoms with Crippen molar-refractivity contribution in [1.29, 1.82) is 0 Å². The van der Waals surface area contributed by atoms with Crippen LogP contribution < -0.4 is 11.1 Å². The fourth-order valence-corrected chi connectivity index (χ4v) is 1.49. The highest BCUT2D eigenvalue weighted by Gasteiger charge is 2.18. The third-order valence-corrected chi connectivity index (χ3v) is 2.50. The Hall–Kier alpha value is -0.750. The molecule has 0 aliphatic rings. The maximum Gasteiger partial charge on any atom is 0.326 e. The Morgan fingerprint density at radius 2 is 2.20 bits per heavy atom. The lowest BCUT2D eigenvalue weighted by atomic mass is 10.2. The third kappa shape index (κ3) is 7.21. The van der Waals surface area contributed by atoms with E-state index in [1.54, 1.807) is 11.8 Å². The first-order valence-corrected chi connectivity index (χ1v) is 6.22. The fraction of sp³-hybridized carbons (Fsp3) is 0.778. The van der Waals surface area contributed by atoms with Crippen molar-refractivity contribution < 1.29 is 14.7 Å². The maximum atomic E-state index is 11.2. The van der Waals surface area contributed by atoms with Gasteiger partial charge in [0, 0.05) is 6.42 Å². The van der Waals surface area contributed by atoms with Crippen molar-refractivity contribution in [1.82, 2.24) is 5.32 Å². The topological polar surface area (TPSA) is 92.4 Å². The van der Waals surface area contributed by atoms with Crippen molar-refractivity contribution in [3.8, 4) is 0 Å². The number of carbonyl (C=O) groups excluding carboxylic acids is 1. The first-order chi connectivity index (χ1) is 7.11. The van der Waals surface area contributed by atoms with Crippen molar-refractivity contribution in [2.24, 2.45) is 5.73 Å². The molecule has 0 aromatic rings. The van der Waals surface area contributed by atoms with Gasteiger partial charge in [-0.3, -0.25) is 4.79 Å². The van der Waals surface area contributed by atoms with E-state index in [0.29, 0.717) is 31.6 Å². The molecule has 15 heavy (non-hydrogen) atoms. The highest BCUT2D eigenvalue weighted by molar-refractivity contribution is 7.98. The molecule has 0 saturated carbocycles. The van der Waals surface area contributed by atoms with Crippen LogP contribution in [0.4, 0.5) is 0 Å². The SMILES string of the molecule is CSCC[C@@H](NC(=O)CCCN)C(=O)O. The number of carbonyl (C=O) groups is 2. The summed E-state index contributed by atoms with van der Waals surface area (Å²) >= 11 is 1.56. The molecule has 0 bridgehead atoms. The number of carboxylic acid groups (broad SMARTS) is 1. The van der Waals surface area contributed by atoms with Gasteiger partial charge in [-0.05, 0) is 31.4 Å². The highest BCUT2D eigenvalue weighted by atomic mass is 32.2. The van der Waals surface area contributed by atoms with E-state index in [9.17, 15) is 9.59 Å². The Morgan fingerprint density at radius 1 is 1.53 bits per heavy atom. The van der Waals surface area contributed by atoms with Crippen molar-refractivity contribution >= 4 is 23.6 Å². The van der Waals surface area contributed by atoms with Crippen molar-refractivity contribution in [3.63, 3.8) is 0 Å². The second-order valence-corrected chi connectivity index (χ2v) is 4.12. The zero-order chi connectivity index (χ0) is 11.7. The number of amides is 1. The summed E-state index contributed by atoms with van der Waals surface area (Å²) in [5.41, 5.74) is 5.25. The molecule has 0 radical (unpaired) electrons. The molecule has 1 atom stereocenters. The second-order valence-electron chi connectivity index (χ2n) is 3.13. The average Bonchev–Trinajstić information content (AvgIpc) is 2.20. The number of thioether (sulfide) groups is 1. The van der Waals surface area contributed by atoms with E-state index in [4.69, 9.17) is 10.8 Å². The van der Waals surface area contributed by atoms with Gasteiger partial charge in [-0.2, -0.15) is 11.8 Å². The molecule has 0 rings (SSSR count). The number of hydrogen-bond donors (Lipinski definition) is 3. The molecule has 0 unspecified atom stereocenters. The Kier molecular flexibility index (Phi) is 8.12. The molecular formula is C9H18N2O3S. The lowest BCUT2D eigenvalue weighted by Crippen LogP contribution is -2.41. The van der Waals surface area contributed by atoms with Gasteiger partial charge in [0.1, 0.15) is 6.04 Å². The standard InChI is InChI=1S/C9H18N2O3S/c1-15-6-4-7(9(13)14)11-8(12)3-2-5-10/h7H,2-6,10H2,1H3,(H,11,12)(H,13,14)/t7-/m1/s1. The van der Waals surface area contributed by atoms with E-state index >= 15 is 0 Å². The average molecular weight is 234 g/mol. The predicted octanol–water partition coefficient (Wildman–Crippen LogP) is 0.0478. The van der Waals surface area contributed by atoms with E-state index in [-0.39, 0.29) is 5.91 Å². The van der Waals surface area contributed by atoms with Crippen molar-refractivity contribution in [2.45, 2.75) is 25.3 Å². The molecule has 88 valence electrons. The summed E-state index contributed by atoms with van der Waals surface area (Å²) in [6.07, 6.45) is 3.22. The van der Waals surface area contributed by atoms with E-state index in [2.05, 4.69) is 5.32 Å². The van der Waals surface area contributed by atoms with Crippen LogP contribution in [0.2, 0.25) is 0 Å². The summed E-state index contributed by atoms with van der Waals surface area (Å²) in [5, 5.41) is 11.3. The third-order valence-electron chi connectivity index (χ3n) is 1.85. The van der Waals surface area contributed by atoms with Crippen LogP contribution in [0.5, 0.6) is 0 Å². The zero-order valence-electron chi connectivity index (χ0n) is 8.86. The number of carboxylic acids is 1.